The lowest BCUT2D eigenvalue weighted by atomic mass is 10.1. The highest BCUT2D eigenvalue weighted by Gasteiger charge is 2.20. The molecule has 0 aliphatic heterocycles. The highest BCUT2D eigenvalue weighted by Crippen LogP contribution is 2.38. The monoisotopic (exact) mass is 676 g/mol. The van der Waals surface area contributed by atoms with E-state index in [2.05, 4.69) is 26.0 Å². The van der Waals surface area contributed by atoms with Crippen molar-refractivity contribution < 1.29 is 37.3 Å². The van der Waals surface area contributed by atoms with E-state index >= 15 is 0 Å². The third-order valence-electron chi connectivity index (χ3n) is 8.07. The summed E-state index contributed by atoms with van der Waals surface area (Å²) in [6.45, 7) is 5.37. The van der Waals surface area contributed by atoms with Crippen molar-refractivity contribution in [2.75, 3.05) is 54.1 Å². The van der Waals surface area contributed by atoms with E-state index in [1.165, 1.54) is 109 Å². The first-order valence-corrected chi connectivity index (χ1v) is 20.4. The molecule has 2 atom stereocenters. The van der Waals surface area contributed by atoms with Crippen molar-refractivity contribution in [1.82, 2.24) is 0 Å². The van der Waals surface area contributed by atoms with Crippen LogP contribution in [-0.2, 0) is 27.9 Å². The summed E-state index contributed by atoms with van der Waals surface area (Å²) in [5.41, 5.74) is 0. The number of phosphoric ester groups is 1. The number of hydrogen-bond donors (Lipinski definition) is 0. The van der Waals surface area contributed by atoms with Gasteiger partial charge in [-0.05, 0) is 38.5 Å². The molecule has 0 amide bonds. The van der Waals surface area contributed by atoms with E-state index in [4.69, 9.17) is 18.5 Å². The predicted molar refractivity (Wildman–Crippen MR) is 190 cm³/mol. The van der Waals surface area contributed by atoms with Gasteiger partial charge >= 0.3 is 5.97 Å². The summed E-state index contributed by atoms with van der Waals surface area (Å²) in [6.07, 6.45) is 30.8. The van der Waals surface area contributed by atoms with E-state index in [0.717, 1.165) is 32.1 Å². The second kappa shape index (κ2) is 31.5. The minimum absolute atomic E-state index is 0.0276. The number of unbranched alkanes of at least 4 members (excludes halogenated alkanes) is 19. The van der Waals surface area contributed by atoms with Crippen molar-refractivity contribution >= 4 is 13.8 Å². The van der Waals surface area contributed by atoms with Crippen molar-refractivity contribution in [2.24, 2.45) is 0 Å². The summed E-state index contributed by atoms with van der Waals surface area (Å²) in [5.74, 6) is -0.340. The minimum Gasteiger partial charge on any atom is -0.756 e. The van der Waals surface area contributed by atoms with Gasteiger partial charge < -0.3 is 27.9 Å². The van der Waals surface area contributed by atoms with Gasteiger partial charge in [0.25, 0.3) is 7.82 Å². The number of nitrogens with zero attached hydrogens (tertiary/aromatic N) is 1. The lowest BCUT2D eigenvalue weighted by molar-refractivity contribution is -0.870. The molecule has 2 unspecified atom stereocenters. The Bertz CT molecular complexity index is 756. The van der Waals surface area contributed by atoms with Gasteiger partial charge in [0.1, 0.15) is 19.3 Å². The first kappa shape index (κ1) is 45.2. The molecule has 0 aromatic rings. The maximum Gasteiger partial charge on any atom is 0.306 e. The van der Waals surface area contributed by atoms with E-state index in [1.807, 2.05) is 21.1 Å². The normalized spacial score (nSPS) is 14.1. The average Bonchev–Trinajstić information content (AvgIpc) is 2.99. The van der Waals surface area contributed by atoms with Gasteiger partial charge in [-0.1, -0.05) is 129 Å². The summed E-state index contributed by atoms with van der Waals surface area (Å²) in [5, 5.41) is 0. The Balaban J connectivity index is 4.20. The molecule has 0 aliphatic carbocycles. The molecule has 0 saturated heterocycles. The molecule has 0 saturated carbocycles. The van der Waals surface area contributed by atoms with Gasteiger partial charge in [-0.3, -0.25) is 9.36 Å². The molecule has 0 rings (SSSR count). The van der Waals surface area contributed by atoms with E-state index < -0.39 is 13.9 Å². The number of carbonyl (C=O) groups excluding carboxylic acids is 1. The summed E-state index contributed by atoms with van der Waals surface area (Å²) >= 11 is 0. The largest absolute Gasteiger partial charge is 0.756 e. The van der Waals surface area contributed by atoms with Gasteiger partial charge in [-0.25, -0.2) is 0 Å². The van der Waals surface area contributed by atoms with Crippen LogP contribution in [0.3, 0.4) is 0 Å². The van der Waals surface area contributed by atoms with Gasteiger partial charge in [0, 0.05) is 13.0 Å². The lowest BCUT2D eigenvalue weighted by Crippen LogP contribution is -2.37. The van der Waals surface area contributed by atoms with Gasteiger partial charge in [0.15, 0.2) is 0 Å². The van der Waals surface area contributed by atoms with E-state index in [-0.39, 0.29) is 25.8 Å². The fraction of sp³-hybridized carbons (Fsp3) is 0.919. The van der Waals surface area contributed by atoms with Crippen LogP contribution in [0.4, 0.5) is 0 Å². The molecule has 0 heterocycles. The van der Waals surface area contributed by atoms with Crippen molar-refractivity contribution in [3.63, 3.8) is 0 Å². The van der Waals surface area contributed by atoms with Gasteiger partial charge in [-0.2, -0.15) is 0 Å². The molecule has 0 spiro atoms. The molecule has 274 valence electrons. The summed E-state index contributed by atoms with van der Waals surface area (Å²) in [4.78, 5) is 24.8. The number of quaternary nitrogens is 1. The number of carbonyl (C=O) groups is 1. The van der Waals surface area contributed by atoms with Crippen LogP contribution in [0.25, 0.3) is 0 Å². The highest BCUT2D eigenvalue weighted by molar-refractivity contribution is 7.45. The van der Waals surface area contributed by atoms with Crippen LogP contribution in [0.2, 0.25) is 0 Å². The first-order valence-electron chi connectivity index (χ1n) is 18.9. The zero-order chi connectivity index (χ0) is 34.2. The second-order valence-electron chi connectivity index (χ2n) is 13.9. The van der Waals surface area contributed by atoms with Crippen LogP contribution < -0.4 is 4.89 Å². The minimum atomic E-state index is -4.51. The highest BCUT2D eigenvalue weighted by atomic mass is 31.2. The number of esters is 1. The summed E-state index contributed by atoms with van der Waals surface area (Å²) in [6, 6.07) is 0. The third kappa shape index (κ3) is 34.6. The topological polar surface area (TPSA) is 94.1 Å². The number of likely N-dealkylation sites (N-methyl/N-ethyl adjacent to an activating group) is 1. The quantitative estimate of drug-likeness (QED) is 0.0217. The molecule has 0 N–H and O–H groups in total. The number of rotatable bonds is 35. The molecule has 0 aromatic heterocycles. The fourth-order valence-corrected chi connectivity index (χ4v) is 5.80. The van der Waals surface area contributed by atoms with Crippen LogP contribution in [0, 0.1) is 0 Å². The molecule has 0 bridgehead atoms. The zero-order valence-corrected chi connectivity index (χ0v) is 31.7. The Kier molecular flexibility index (Phi) is 31.0. The number of hydrogen-bond acceptors (Lipinski definition) is 7. The van der Waals surface area contributed by atoms with E-state index in [0.29, 0.717) is 24.1 Å². The zero-order valence-electron chi connectivity index (χ0n) is 30.8. The Morgan fingerprint density at radius 3 is 1.65 bits per heavy atom. The molecular formula is C37H74NO7P. The van der Waals surface area contributed by atoms with Crippen LogP contribution in [0.1, 0.15) is 162 Å². The number of ether oxygens (including phenoxy) is 2. The van der Waals surface area contributed by atoms with Crippen molar-refractivity contribution in [2.45, 2.75) is 168 Å². The Hall–Kier alpha value is -0.760. The second-order valence-corrected chi connectivity index (χ2v) is 15.4. The smallest absolute Gasteiger partial charge is 0.306 e. The van der Waals surface area contributed by atoms with E-state index in [9.17, 15) is 14.3 Å². The molecule has 0 aliphatic rings. The maximum atomic E-state index is 12.6. The van der Waals surface area contributed by atoms with Gasteiger partial charge in [-0.15, -0.1) is 0 Å². The number of allylic oxidation sites excluding steroid dienone is 2. The Morgan fingerprint density at radius 2 is 1.13 bits per heavy atom. The Labute approximate surface area is 284 Å². The molecule has 0 aromatic carbocycles. The van der Waals surface area contributed by atoms with Crippen LogP contribution in [-0.4, -0.2) is 70.7 Å². The molecule has 9 heteroatoms. The summed E-state index contributed by atoms with van der Waals surface area (Å²) in [7, 11) is 1.36. The van der Waals surface area contributed by atoms with Gasteiger partial charge in [0.2, 0.25) is 0 Å². The van der Waals surface area contributed by atoms with Gasteiger partial charge in [0.05, 0.1) is 34.4 Å². The molecule has 0 fully saturated rings. The molecular weight excluding hydrogens is 601 g/mol. The van der Waals surface area contributed by atoms with Crippen LogP contribution in [0.5, 0.6) is 0 Å². The fourth-order valence-electron chi connectivity index (χ4n) is 5.07. The third-order valence-corrected chi connectivity index (χ3v) is 9.03. The van der Waals surface area contributed by atoms with E-state index in [1.54, 1.807) is 0 Å². The molecule has 46 heavy (non-hydrogen) atoms. The maximum absolute atomic E-state index is 12.6. The lowest BCUT2D eigenvalue weighted by Gasteiger charge is -2.28. The van der Waals surface area contributed by atoms with Crippen LogP contribution in [0.15, 0.2) is 12.2 Å². The standard InChI is InChI=1S/C37H74NO7P/c1-6-8-10-12-14-15-16-17-18-19-20-21-22-23-24-26-28-30-37(39)45-36(34-42-32-29-27-25-13-11-9-7-2)35-44-46(40,41)43-33-31-38(3,4)5/h17-18,36H,6-16,19-35H2,1-5H3/b18-17-. The summed E-state index contributed by atoms with van der Waals surface area (Å²) < 4.78 is 34.3. The van der Waals surface area contributed by atoms with Crippen molar-refractivity contribution in [1.29, 1.82) is 0 Å². The first-order chi connectivity index (χ1) is 22.1. The van der Waals surface area contributed by atoms with Crippen molar-refractivity contribution in [3.05, 3.63) is 12.2 Å². The average molecular weight is 676 g/mol. The van der Waals surface area contributed by atoms with Crippen LogP contribution >= 0.6 is 7.82 Å². The molecule has 8 nitrogen and oxygen atoms in total. The Morgan fingerprint density at radius 1 is 0.652 bits per heavy atom. The predicted octanol–water partition coefficient (Wildman–Crippen LogP) is 9.69. The van der Waals surface area contributed by atoms with Crippen molar-refractivity contribution in [3.8, 4) is 0 Å². The SMILES string of the molecule is CCCCCCCC/C=C\CCCCCCCCCC(=O)OC(COCCCCCCCCC)COP(=O)([O-])OCC[N+](C)(C)C. The number of phosphoric acid groups is 1. The molecule has 0 radical (unpaired) electrons.